The Morgan fingerprint density at radius 3 is 2.59 bits per heavy atom. The van der Waals surface area contributed by atoms with Crippen LogP contribution in [0.2, 0.25) is 5.02 Å². The zero-order chi connectivity index (χ0) is 12.8. The van der Waals surface area contributed by atoms with E-state index < -0.39 is 5.97 Å². The molecule has 0 atom stereocenters. The van der Waals surface area contributed by atoms with Crippen molar-refractivity contribution in [1.82, 2.24) is 0 Å². The molecule has 0 aliphatic carbocycles. The summed E-state index contributed by atoms with van der Waals surface area (Å²) in [6.07, 6.45) is -0.281. The molecule has 0 saturated heterocycles. The van der Waals surface area contributed by atoms with Crippen molar-refractivity contribution in [2.24, 2.45) is 0 Å². The van der Waals surface area contributed by atoms with Crippen molar-refractivity contribution in [1.29, 1.82) is 0 Å². The molecule has 17 heavy (non-hydrogen) atoms. The van der Waals surface area contributed by atoms with Gasteiger partial charge in [-0.05, 0) is 25.1 Å². The molecule has 5 heteroatoms. The molecule has 0 N–H and O–H groups in total. The minimum Gasteiger partial charge on any atom is -0.495 e. The van der Waals surface area contributed by atoms with Gasteiger partial charge in [-0.1, -0.05) is 11.6 Å². The standard InChI is InChI=1S/C12H13ClO4/c1-3-17-12(15)7-10(14)8-4-5-11(16-2)9(13)6-8/h4-6H,3,7H2,1-2H3. The minimum atomic E-state index is -0.538. The van der Waals surface area contributed by atoms with E-state index in [-0.39, 0.29) is 18.8 Å². The second-order valence-electron chi connectivity index (χ2n) is 3.25. The third-order valence-corrected chi connectivity index (χ3v) is 2.38. The van der Waals surface area contributed by atoms with Crippen molar-refractivity contribution >= 4 is 23.4 Å². The summed E-state index contributed by atoms with van der Waals surface area (Å²) in [4.78, 5) is 22.8. The molecule has 92 valence electrons. The molecule has 4 nitrogen and oxygen atoms in total. The van der Waals surface area contributed by atoms with E-state index in [0.717, 1.165) is 0 Å². The molecule has 1 aromatic rings. The molecule has 0 aromatic heterocycles. The molecular weight excluding hydrogens is 244 g/mol. The largest absolute Gasteiger partial charge is 0.495 e. The lowest BCUT2D eigenvalue weighted by atomic mass is 10.1. The summed E-state index contributed by atoms with van der Waals surface area (Å²) in [7, 11) is 1.49. The quantitative estimate of drug-likeness (QED) is 0.461. The number of Topliss-reactive ketones (excluding diaryl/α,β-unsaturated/α-hetero) is 1. The number of ether oxygens (including phenoxy) is 2. The van der Waals surface area contributed by atoms with Gasteiger partial charge >= 0.3 is 5.97 Å². The average Bonchev–Trinajstić information content (AvgIpc) is 2.29. The van der Waals surface area contributed by atoms with E-state index in [2.05, 4.69) is 0 Å². The Hall–Kier alpha value is -1.55. The highest BCUT2D eigenvalue weighted by molar-refractivity contribution is 6.32. The third-order valence-electron chi connectivity index (χ3n) is 2.08. The van der Waals surface area contributed by atoms with E-state index in [4.69, 9.17) is 21.1 Å². The molecule has 0 amide bonds. The van der Waals surface area contributed by atoms with Gasteiger partial charge in [-0.2, -0.15) is 0 Å². The van der Waals surface area contributed by atoms with Crippen molar-refractivity contribution in [2.45, 2.75) is 13.3 Å². The maximum atomic E-state index is 11.7. The van der Waals surface area contributed by atoms with Gasteiger partial charge in [-0.3, -0.25) is 9.59 Å². The molecular formula is C12H13ClO4. The Bertz CT molecular complexity index is 429. The molecule has 0 bridgehead atoms. The van der Waals surface area contributed by atoms with E-state index >= 15 is 0 Å². The fourth-order valence-corrected chi connectivity index (χ4v) is 1.54. The van der Waals surface area contributed by atoms with E-state index in [1.165, 1.54) is 13.2 Å². The first-order valence-corrected chi connectivity index (χ1v) is 5.48. The maximum Gasteiger partial charge on any atom is 0.313 e. The highest BCUT2D eigenvalue weighted by Crippen LogP contribution is 2.25. The number of halogens is 1. The fraction of sp³-hybridized carbons (Fsp3) is 0.333. The van der Waals surface area contributed by atoms with E-state index in [9.17, 15) is 9.59 Å². The number of carbonyl (C=O) groups is 2. The van der Waals surface area contributed by atoms with Crippen LogP contribution in [0.15, 0.2) is 18.2 Å². The first-order valence-electron chi connectivity index (χ1n) is 5.10. The van der Waals surface area contributed by atoms with E-state index in [1.807, 2.05) is 0 Å². The van der Waals surface area contributed by atoms with Gasteiger partial charge in [-0.15, -0.1) is 0 Å². The molecule has 0 fully saturated rings. The van der Waals surface area contributed by atoms with Crippen molar-refractivity contribution in [3.63, 3.8) is 0 Å². The van der Waals surface area contributed by atoms with Crippen molar-refractivity contribution < 1.29 is 19.1 Å². The van der Waals surface area contributed by atoms with Gasteiger partial charge in [0, 0.05) is 5.56 Å². The smallest absolute Gasteiger partial charge is 0.313 e. The van der Waals surface area contributed by atoms with Crippen LogP contribution in [0.1, 0.15) is 23.7 Å². The summed E-state index contributed by atoms with van der Waals surface area (Å²) in [5.74, 6) is -0.378. The van der Waals surface area contributed by atoms with Crippen LogP contribution in [-0.4, -0.2) is 25.5 Å². The number of benzene rings is 1. The zero-order valence-electron chi connectivity index (χ0n) is 9.66. The second kappa shape index (κ2) is 6.25. The highest BCUT2D eigenvalue weighted by atomic mass is 35.5. The number of ketones is 1. The Morgan fingerprint density at radius 2 is 2.06 bits per heavy atom. The number of hydrogen-bond donors (Lipinski definition) is 0. The van der Waals surface area contributed by atoms with Gasteiger partial charge in [0.2, 0.25) is 0 Å². The summed E-state index contributed by atoms with van der Waals surface area (Å²) >= 11 is 5.88. The van der Waals surface area contributed by atoms with Crippen molar-refractivity contribution in [3.8, 4) is 5.75 Å². The Balaban J connectivity index is 2.76. The number of esters is 1. The SMILES string of the molecule is CCOC(=O)CC(=O)c1ccc(OC)c(Cl)c1. The summed E-state index contributed by atoms with van der Waals surface area (Å²) in [6, 6.07) is 4.62. The van der Waals surface area contributed by atoms with Crippen LogP contribution >= 0.6 is 11.6 Å². The summed E-state index contributed by atoms with van der Waals surface area (Å²) in [6.45, 7) is 1.95. The van der Waals surface area contributed by atoms with Crippen LogP contribution in [0.3, 0.4) is 0 Å². The van der Waals surface area contributed by atoms with Gasteiger partial charge in [0.15, 0.2) is 5.78 Å². The van der Waals surface area contributed by atoms with Crippen LogP contribution in [0.4, 0.5) is 0 Å². The second-order valence-corrected chi connectivity index (χ2v) is 3.66. The van der Waals surface area contributed by atoms with Gasteiger partial charge in [0.05, 0.1) is 18.7 Å². The van der Waals surface area contributed by atoms with Gasteiger partial charge < -0.3 is 9.47 Å². The van der Waals surface area contributed by atoms with Crippen LogP contribution in [0.5, 0.6) is 5.75 Å². The van der Waals surface area contributed by atoms with Gasteiger partial charge in [0.1, 0.15) is 12.2 Å². The Labute approximate surface area is 104 Å². The summed E-state index contributed by atoms with van der Waals surface area (Å²) in [5, 5.41) is 0.335. The van der Waals surface area contributed by atoms with E-state index in [0.29, 0.717) is 16.3 Å². The first kappa shape index (κ1) is 13.5. The van der Waals surface area contributed by atoms with Crippen molar-refractivity contribution in [2.75, 3.05) is 13.7 Å². The Kier molecular flexibility index (Phi) is 4.97. The monoisotopic (exact) mass is 256 g/mol. The van der Waals surface area contributed by atoms with Gasteiger partial charge in [-0.25, -0.2) is 0 Å². The van der Waals surface area contributed by atoms with E-state index in [1.54, 1.807) is 19.1 Å². The van der Waals surface area contributed by atoms with Crippen LogP contribution in [0.25, 0.3) is 0 Å². The molecule has 1 aromatic carbocycles. The normalized spacial score (nSPS) is 9.82. The Morgan fingerprint density at radius 1 is 1.35 bits per heavy atom. The molecule has 0 aliphatic rings. The first-order chi connectivity index (χ1) is 8.08. The average molecular weight is 257 g/mol. The van der Waals surface area contributed by atoms with Crippen molar-refractivity contribution in [3.05, 3.63) is 28.8 Å². The summed E-state index contributed by atoms with van der Waals surface area (Å²) < 4.78 is 9.66. The predicted octanol–water partition coefficient (Wildman–Crippen LogP) is 2.48. The molecule has 1 rings (SSSR count). The molecule has 0 saturated carbocycles. The molecule has 0 spiro atoms. The third kappa shape index (κ3) is 3.75. The highest BCUT2D eigenvalue weighted by Gasteiger charge is 2.14. The lowest BCUT2D eigenvalue weighted by molar-refractivity contribution is -0.141. The van der Waals surface area contributed by atoms with Crippen LogP contribution in [0, 0.1) is 0 Å². The summed E-state index contributed by atoms with van der Waals surface area (Å²) in [5.41, 5.74) is 0.365. The minimum absolute atomic E-state index is 0.259. The molecule has 0 unspecified atom stereocenters. The topological polar surface area (TPSA) is 52.6 Å². The lowest BCUT2D eigenvalue weighted by Gasteiger charge is -2.05. The number of rotatable bonds is 5. The molecule has 0 radical (unpaired) electrons. The predicted molar refractivity (Wildman–Crippen MR) is 63.6 cm³/mol. The number of carbonyl (C=O) groups excluding carboxylic acids is 2. The van der Waals surface area contributed by atoms with Crippen LogP contribution < -0.4 is 4.74 Å². The van der Waals surface area contributed by atoms with Gasteiger partial charge in [0.25, 0.3) is 0 Å². The maximum absolute atomic E-state index is 11.7. The zero-order valence-corrected chi connectivity index (χ0v) is 10.4. The van der Waals surface area contributed by atoms with Crippen LogP contribution in [-0.2, 0) is 9.53 Å². The number of hydrogen-bond acceptors (Lipinski definition) is 4. The molecule has 0 heterocycles. The lowest BCUT2D eigenvalue weighted by Crippen LogP contribution is -2.11. The number of methoxy groups -OCH3 is 1. The fourth-order valence-electron chi connectivity index (χ4n) is 1.29. The molecule has 0 aliphatic heterocycles.